The highest BCUT2D eigenvalue weighted by Gasteiger charge is 2.18. The van der Waals surface area contributed by atoms with E-state index in [0.29, 0.717) is 51.2 Å². The van der Waals surface area contributed by atoms with Gasteiger partial charge in [-0.1, -0.05) is 0 Å². The van der Waals surface area contributed by atoms with Crippen molar-refractivity contribution in [3.8, 4) is 34.5 Å². The molecule has 0 saturated heterocycles. The summed E-state index contributed by atoms with van der Waals surface area (Å²) in [7, 11) is 9.19. The summed E-state index contributed by atoms with van der Waals surface area (Å²) in [4.78, 5) is 12.5. The highest BCUT2D eigenvalue weighted by Crippen LogP contribution is 2.42. The van der Waals surface area contributed by atoms with Gasteiger partial charge in [0.05, 0.1) is 42.7 Å². The number of ketones is 1. The van der Waals surface area contributed by atoms with Crippen molar-refractivity contribution in [2.45, 2.75) is 6.92 Å². The third-order valence-electron chi connectivity index (χ3n) is 4.35. The topological polar surface area (TPSA) is 72.5 Å². The molecule has 0 aliphatic carbocycles. The first kappa shape index (κ1) is 21.9. The van der Waals surface area contributed by atoms with E-state index in [0.717, 1.165) is 0 Å². The average molecular weight is 402 g/mol. The largest absolute Gasteiger partial charge is 0.493 e. The number of hydrogen-bond donors (Lipinski definition) is 0. The lowest BCUT2D eigenvalue weighted by Gasteiger charge is -2.16. The predicted molar refractivity (Wildman–Crippen MR) is 111 cm³/mol. The minimum Gasteiger partial charge on any atom is -0.493 e. The molecule has 29 heavy (non-hydrogen) atoms. The molecule has 2 rings (SSSR count). The van der Waals surface area contributed by atoms with Crippen LogP contribution >= 0.6 is 0 Å². The fourth-order valence-corrected chi connectivity index (χ4v) is 2.98. The minimum absolute atomic E-state index is 0.131. The van der Waals surface area contributed by atoms with E-state index in [1.807, 2.05) is 0 Å². The third kappa shape index (κ3) is 4.56. The summed E-state index contributed by atoms with van der Waals surface area (Å²) in [5, 5.41) is 0. The van der Waals surface area contributed by atoms with Gasteiger partial charge in [-0.15, -0.1) is 0 Å². The number of hydrogen-bond acceptors (Lipinski definition) is 7. The van der Waals surface area contributed by atoms with Gasteiger partial charge in [0.1, 0.15) is 0 Å². The van der Waals surface area contributed by atoms with Gasteiger partial charge in [0.25, 0.3) is 0 Å². The molecule has 0 N–H and O–H groups in total. The van der Waals surface area contributed by atoms with Gasteiger partial charge in [-0.2, -0.15) is 0 Å². The average Bonchev–Trinajstić information content (AvgIpc) is 2.75. The van der Waals surface area contributed by atoms with Crippen molar-refractivity contribution in [2.24, 2.45) is 0 Å². The number of ether oxygens (including phenoxy) is 6. The first-order valence-corrected chi connectivity index (χ1v) is 8.77. The Balaban J connectivity index is 2.70. The first-order valence-electron chi connectivity index (χ1n) is 8.77. The highest BCUT2D eigenvalue weighted by atomic mass is 16.5. The zero-order chi connectivity index (χ0) is 21.6. The lowest BCUT2D eigenvalue weighted by atomic mass is 9.98. The van der Waals surface area contributed by atoms with Crippen molar-refractivity contribution < 1.29 is 33.2 Å². The molecule has 0 heterocycles. The number of carbonyl (C=O) groups is 1. The molecule has 2 aromatic carbocycles. The molecule has 2 aromatic rings. The maximum absolute atomic E-state index is 12.5. The fraction of sp³-hybridized carbons (Fsp3) is 0.318. The van der Waals surface area contributed by atoms with Crippen LogP contribution in [-0.4, -0.2) is 48.4 Å². The summed E-state index contributed by atoms with van der Waals surface area (Å²) in [6.45, 7) is 1.49. The predicted octanol–water partition coefficient (Wildman–Crippen LogP) is 3.87. The van der Waals surface area contributed by atoms with Crippen LogP contribution in [0.15, 0.2) is 24.3 Å². The summed E-state index contributed by atoms with van der Waals surface area (Å²) < 4.78 is 32.3. The Labute approximate surface area is 170 Å². The van der Waals surface area contributed by atoms with Crippen LogP contribution in [-0.2, 0) is 4.79 Å². The van der Waals surface area contributed by atoms with Gasteiger partial charge in [-0.3, -0.25) is 4.79 Å². The van der Waals surface area contributed by atoms with Crippen LogP contribution in [0.1, 0.15) is 18.1 Å². The first-order chi connectivity index (χ1) is 13.9. The van der Waals surface area contributed by atoms with Crippen LogP contribution in [0.25, 0.3) is 11.6 Å². The van der Waals surface area contributed by atoms with E-state index in [2.05, 4.69) is 0 Å². The summed E-state index contributed by atoms with van der Waals surface area (Å²) in [5.41, 5.74) is 1.79. The monoisotopic (exact) mass is 402 g/mol. The Bertz CT molecular complexity index is 865. The van der Waals surface area contributed by atoms with Crippen molar-refractivity contribution in [3.63, 3.8) is 0 Å². The third-order valence-corrected chi connectivity index (χ3v) is 4.35. The summed E-state index contributed by atoms with van der Waals surface area (Å²) >= 11 is 0. The number of methoxy groups -OCH3 is 6. The second kappa shape index (κ2) is 9.73. The fourth-order valence-electron chi connectivity index (χ4n) is 2.98. The van der Waals surface area contributed by atoms with Gasteiger partial charge in [0.15, 0.2) is 28.8 Å². The van der Waals surface area contributed by atoms with E-state index in [4.69, 9.17) is 28.4 Å². The SMILES string of the molecule is COc1cc(/C=C(/C(C)=O)c2cc(OC)c(OC)c(OC)c2)cc(OC)c1OC. The Morgan fingerprint density at radius 1 is 0.655 bits per heavy atom. The zero-order valence-electron chi connectivity index (χ0n) is 17.7. The molecular weight excluding hydrogens is 376 g/mol. The molecule has 0 saturated carbocycles. The standard InChI is InChI=1S/C22H26O7/c1-13(23)16(15-11-19(26-4)22(29-7)20(12-15)27-5)8-14-9-17(24-2)21(28-6)18(10-14)25-3/h8-12H,1-7H3/b16-8-. The molecule has 0 amide bonds. The Morgan fingerprint density at radius 2 is 1.03 bits per heavy atom. The molecule has 0 unspecified atom stereocenters. The maximum atomic E-state index is 12.5. The van der Waals surface area contributed by atoms with Gasteiger partial charge in [0, 0.05) is 5.57 Å². The van der Waals surface area contributed by atoms with Crippen LogP contribution in [0.2, 0.25) is 0 Å². The molecule has 0 spiro atoms. The van der Waals surface area contributed by atoms with Crippen molar-refractivity contribution in [1.29, 1.82) is 0 Å². The molecule has 0 bridgehead atoms. The summed E-state index contributed by atoms with van der Waals surface area (Å²) in [5.74, 6) is 2.70. The van der Waals surface area contributed by atoms with Gasteiger partial charge in [0.2, 0.25) is 11.5 Å². The second-order valence-electron chi connectivity index (χ2n) is 5.99. The summed E-state index contributed by atoms with van der Waals surface area (Å²) in [6, 6.07) is 6.99. The van der Waals surface area contributed by atoms with E-state index < -0.39 is 0 Å². The van der Waals surface area contributed by atoms with Crippen molar-refractivity contribution in [2.75, 3.05) is 42.7 Å². The van der Waals surface area contributed by atoms with Crippen LogP contribution in [0.3, 0.4) is 0 Å². The number of Topliss-reactive ketones (excluding diaryl/α,β-unsaturated/α-hetero) is 1. The zero-order valence-corrected chi connectivity index (χ0v) is 17.7. The van der Waals surface area contributed by atoms with Crippen molar-refractivity contribution in [1.82, 2.24) is 0 Å². The molecular formula is C22H26O7. The molecule has 0 atom stereocenters. The molecule has 7 heteroatoms. The van der Waals surface area contributed by atoms with Crippen LogP contribution < -0.4 is 28.4 Å². The normalized spacial score (nSPS) is 10.9. The lowest BCUT2D eigenvalue weighted by Crippen LogP contribution is -2.01. The van der Waals surface area contributed by atoms with Crippen LogP contribution in [0.5, 0.6) is 34.5 Å². The molecule has 7 nitrogen and oxygen atoms in total. The molecule has 0 radical (unpaired) electrons. The van der Waals surface area contributed by atoms with Gasteiger partial charge in [-0.05, 0) is 48.4 Å². The van der Waals surface area contributed by atoms with Crippen molar-refractivity contribution >= 4 is 17.4 Å². The van der Waals surface area contributed by atoms with E-state index >= 15 is 0 Å². The van der Waals surface area contributed by atoms with Gasteiger partial charge < -0.3 is 28.4 Å². The Kier molecular flexibility index (Phi) is 7.36. The maximum Gasteiger partial charge on any atom is 0.203 e. The van der Waals surface area contributed by atoms with Crippen LogP contribution in [0, 0.1) is 0 Å². The number of carbonyl (C=O) groups excluding carboxylic acids is 1. The number of rotatable bonds is 9. The van der Waals surface area contributed by atoms with Crippen LogP contribution in [0.4, 0.5) is 0 Å². The van der Waals surface area contributed by atoms with E-state index in [-0.39, 0.29) is 5.78 Å². The van der Waals surface area contributed by atoms with E-state index in [1.54, 1.807) is 30.3 Å². The lowest BCUT2D eigenvalue weighted by molar-refractivity contribution is -0.111. The molecule has 156 valence electrons. The van der Waals surface area contributed by atoms with Gasteiger partial charge >= 0.3 is 0 Å². The van der Waals surface area contributed by atoms with Crippen molar-refractivity contribution in [3.05, 3.63) is 35.4 Å². The van der Waals surface area contributed by atoms with E-state index in [9.17, 15) is 4.79 Å². The Hall–Kier alpha value is -3.35. The number of allylic oxidation sites excluding steroid dienone is 1. The smallest absolute Gasteiger partial charge is 0.203 e. The quantitative estimate of drug-likeness (QED) is 0.466. The number of benzene rings is 2. The molecule has 0 aliphatic rings. The van der Waals surface area contributed by atoms with Gasteiger partial charge in [-0.25, -0.2) is 0 Å². The summed E-state index contributed by atoms with van der Waals surface area (Å²) in [6.07, 6.45) is 1.74. The Morgan fingerprint density at radius 3 is 1.34 bits per heavy atom. The van der Waals surface area contributed by atoms with E-state index in [1.165, 1.54) is 49.6 Å². The second-order valence-corrected chi connectivity index (χ2v) is 5.99. The minimum atomic E-state index is -0.131. The highest BCUT2D eigenvalue weighted by molar-refractivity contribution is 6.24. The molecule has 0 aromatic heterocycles. The molecule has 0 fully saturated rings. The molecule has 0 aliphatic heterocycles.